The molecule has 2 atom stereocenters. The van der Waals surface area contributed by atoms with Gasteiger partial charge in [0.15, 0.2) is 0 Å². The van der Waals surface area contributed by atoms with Gasteiger partial charge in [-0.1, -0.05) is 67.1 Å². The predicted octanol–water partition coefficient (Wildman–Crippen LogP) is 3.55. The molecule has 2 N–H and O–H groups in total. The van der Waals surface area contributed by atoms with Crippen LogP contribution in [0.25, 0.3) is 0 Å². The van der Waals surface area contributed by atoms with Crippen molar-refractivity contribution in [2.24, 2.45) is 5.92 Å². The molecule has 0 aliphatic rings. The smallest absolute Gasteiger partial charge is 0.308 e. The number of aryl methyl sites for hydroxylation is 1. The lowest BCUT2D eigenvalue weighted by molar-refractivity contribution is -0.141. The molecule has 0 saturated carbocycles. The summed E-state index contributed by atoms with van der Waals surface area (Å²) in [6.07, 6.45) is 0.756. The molecule has 0 aromatic heterocycles. The summed E-state index contributed by atoms with van der Waals surface area (Å²) < 4.78 is 0. The normalized spacial score (nSPS) is 13.0. The second-order valence-electron chi connectivity index (χ2n) is 6.55. The van der Waals surface area contributed by atoms with E-state index in [1.807, 2.05) is 68.4 Å². The van der Waals surface area contributed by atoms with Crippen molar-refractivity contribution in [1.82, 2.24) is 5.32 Å². The number of carboxylic acids is 1. The number of amides is 1. The van der Waals surface area contributed by atoms with Crippen LogP contribution in [-0.2, 0) is 16.0 Å². The van der Waals surface area contributed by atoms with Gasteiger partial charge in [0.25, 0.3) is 0 Å². The highest BCUT2D eigenvalue weighted by molar-refractivity contribution is 5.78. The Morgan fingerprint density at radius 1 is 1.08 bits per heavy atom. The van der Waals surface area contributed by atoms with Crippen LogP contribution in [0.1, 0.15) is 36.0 Å². The summed E-state index contributed by atoms with van der Waals surface area (Å²) in [6.45, 7) is 4.12. The fourth-order valence-electron chi connectivity index (χ4n) is 2.86. The number of carbonyl (C=O) groups excluding carboxylic acids is 1. The van der Waals surface area contributed by atoms with E-state index in [1.165, 1.54) is 0 Å². The van der Waals surface area contributed by atoms with Crippen LogP contribution >= 0.6 is 0 Å². The van der Waals surface area contributed by atoms with E-state index in [0.29, 0.717) is 12.8 Å². The zero-order chi connectivity index (χ0) is 18.2. The molecule has 0 saturated heterocycles. The minimum absolute atomic E-state index is 0.0984. The zero-order valence-electron chi connectivity index (χ0n) is 14.7. The van der Waals surface area contributed by atoms with Crippen LogP contribution in [0.4, 0.5) is 0 Å². The maximum Gasteiger partial charge on any atom is 0.308 e. The number of aliphatic carboxylic acids is 1. The van der Waals surface area contributed by atoms with Crippen LogP contribution < -0.4 is 5.32 Å². The lowest BCUT2D eigenvalue weighted by atomic mass is 9.96. The van der Waals surface area contributed by atoms with E-state index in [1.54, 1.807) is 0 Å². The van der Waals surface area contributed by atoms with E-state index in [9.17, 15) is 14.7 Å². The van der Waals surface area contributed by atoms with Gasteiger partial charge in [-0.15, -0.1) is 0 Å². The highest BCUT2D eigenvalue weighted by Gasteiger charge is 2.20. The average molecular weight is 339 g/mol. The second-order valence-corrected chi connectivity index (χ2v) is 6.55. The summed E-state index contributed by atoms with van der Waals surface area (Å²) in [5.41, 5.74) is 3.17. The zero-order valence-corrected chi connectivity index (χ0v) is 14.7. The quantitative estimate of drug-likeness (QED) is 0.773. The third-order valence-electron chi connectivity index (χ3n) is 4.32. The van der Waals surface area contributed by atoms with E-state index in [0.717, 1.165) is 16.7 Å². The summed E-state index contributed by atoms with van der Waals surface area (Å²) in [5.74, 6) is -1.54. The molecule has 0 aliphatic carbocycles. The highest BCUT2D eigenvalue weighted by Crippen LogP contribution is 2.18. The van der Waals surface area contributed by atoms with Crippen molar-refractivity contribution in [2.45, 2.75) is 32.6 Å². The number of hydrogen-bond acceptors (Lipinski definition) is 2. The third-order valence-corrected chi connectivity index (χ3v) is 4.32. The van der Waals surface area contributed by atoms with Gasteiger partial charge in [-0.2, -0.15) is 0 Å². The van der Waals surface area contributed by atoms with Crippen molar-refractivity contribution in [1.29, 1.82) is 0 Å². The van der Waals surface area contributed by atoms with Crippen LogP contribution in [0, 0.1) is 12.8 Å². The molecule has 4 heteroatoms. The molecule has 2 unspecified atom stereocenters. The number of carboxylic acid groups (broad SMARTS) is 1. The van der Waals surface area contributed by atoms with Gasteiger partial charge in [0.05, 0.1) is 5.92 Å². The molecule has 0 radical (unpaired) electrons. The van der Waals surface area contributed by atoms with E-state index in [2.05, 4.69) is 5.32 Å². The first-order chi connectivity index (χ1) is 12.0. The van der Waals surface area contributed by atoms with Gasteiger partial charge in [-0.25, -0.2) is 0 Å². The molecule has 2 aromatic rings. The Morgan fingerprint density at radius 3 is 2.44 bits per heavy atom. The van der Waals surface area contributed by atoms with Crippen molar-refractivity contribution < 1.29 is 14.7 Å². The molecule has 4 nitrogen and oxygen atoms in total. The van der Waals surface area contributed by atoms with Crippen LogP contribution in [0.5, 0.6) is 0 Å². The van der Waals surface area contributed by atoms with Crippen molar-refractivity contribution in [3.05, 3.63) is 71.3 Å². The maximum atomic E-state index is 12.2. The van der Waals surface area contributed by atoms with Gasteiger partial charge >= 0.3 is 5.97 Å². The molecule has 2 aromatic carbocycles. The van der Waals surface area contributed by atoms with Crippen molar-refractivity contribution in [3.63, 3.8) is 0 Å². The number of hydrogen-bond donors (Lipinski definition) is 2. The first-order valence-electron chi connectivity index (χ1n) is 8.55. The van der Waals surface area contributed by atoms with E-state index in [4.69, 9.17) is 0 Å². The lowest BCUT2D eigenvalue weighted by Gasteiger charge is -2.16. The molecule has 0 aliphatic heterocycles. The van der Waals surface area contributed by atoms with Crippen LogP contribution in [-0.4, -0.2) is 23.5 Å². The van der Waals surface area contributed by atoms with Crippen molar-refractivity contribution >= 4 is 11.9 Å². The molecular formula is C21H25NO3. The van der Waals surface area contributed by atoms with Gasteiger partial charge in [0.1, 0.15) is 0 Å². The minimum atomic E-state index is -0.891. The van der Waals surface area contributed by atoms with Gasteiger partial charge in [-0.3, -0.25) is 9.59 Å². The number of rotatable bonds is 8. The van der Waals surface area contributed by atoms with Crippen molar-refractivity contribution in [2.75, 3.05) is 6.54 Å². The summed E-state index contributed by atoms with van der Waals surface area (Å²) in [7, 11) is 0. The first kappa shape index (κ1) is 18.7. The average Bonchev–Trinajstić information content (AvgIpc) is 2.59. The lowest BCUT2D eigenvalue weighted by Crippen LogP contribution is -2.34. The number of benzene rings is 2. The minimum Gasteiger partial charge on any atom is -0.481 e. The van der Waals surface area contributed by atoms with E-state index >= 15 is 0 Å². The Morgan fingerprint density at radius 2 is 1.80 bits per heavy atom. The Balaban J connectivity index is 1.88. The molecule has 0 bridgehead atoms. The Bertz CT molecular complexity index is 712. The third kappa shape index (κ3) is 6.07. The van der Waals surface area contributed by atoms with Crippen LogP contribution in [0.15, 0.2) is 54.6 Å². The van der Waals surface area contributed by atoms with E-state index < -0.39 is 11.9 Å². The molecule has 1 amide bonds. The number of nitrogens with one attached hydrogen (secondary N) is 1. The Hall–Kier alpha value is -2.62. The highest BCUT2D eigenvalue weighted by atomic mass is 16.4. The SMILES string of the molecule is Cc1cccc(CC(CNC(=O)CC(C)c2ccccc2)C(=O)O)c1. The molecule has 132 valence electrons. The molecular weight excluding hydrogens is 314 g/mol. The second kappa shape index (κ2) is 9.02. The summed E-state index contributed by atoms with van der Waals surface area (Å²) in [4.78, 5) is 23.7. The van der Waals surface area contributed by atoms with Gasteiger partial charge in [0, 0.05) is 13.0 Å². The first-order valence-corrected chi connectivity index (χ1v) is 8.55. The van der Waals surface area contributed by atoms with Gasteiger partial charge in [-0.05, 0) is 30.4 Å². The van der Waals surface area contributed by atoms with Crippen LogP contribution in [0.2, 0.25) is 0 Å². The fourth-order valence-corrected chi connectivity index (χ4v) is 2.86. The fraction of sp³-hybridized carbons (Fsp3) is 0.333. The van der Waals surface area contributed by atoms with Gasteiger partial charge < -0.3 is 10.4 Å². The monoisotopic (exact) mass is 339 g/mol. The summed E-state index contributed by atoms with van der Waals surface area (Å²) in [5, 5.41) is 12.2. The Kier molecular flexibility index (Phi) is 6.75. The molecule has 0 heterocycles. The topological polar surface area (TPSA) is 66.4 Å². The van der Waals surface area contributed by atoms with Crippen LogP contribution in [0.3, 0.4) is 0 Å². The summed E-state index contributed by atoms with van der Waals surface area (Å²) in [6, 6.07) is 17.6. The van der Waals surface area contributed by atoms with E-state index in [-0.39, 0.29) is 18.4 Å². The maximum absolute atomic E-state index is 12.2. The Labute approximate surface area is 148 Å². The largest absolute Gasteiger partial charge is 0.481 e. The molecule has 2 rings (SSSR count). The molecule has 0 spiro atoms. The standard InChI is InChI=1S/C21H25NO3/c1-15-7-6-8-17(11-15)13-19(21(24)25)14-22-20(23)12-16(2)18-9-4-3-5-10-18/h3-11,16,19H,12-14H2,1-2H3,(H,22,23)(H,24,25). The molecule has 0 fully saturated rings. The van der Waals surface area contributed by atoms with Crippen molar-refractivity contribution in [3.8, 4) is 0 Å². The predicted molar refractivity (Wildman–Crippen MR) is 98.5 cm³/mol. The molecule has 25 heavy (non-hydrogen) atoms. The number of carbonyl (C=O) groups is 2. The summed E-state index contributed by atoms with van der Waals surface area (Å²) >= 11 is 0. The van der Waals surface area contributed by atoms with Gasteiger partial charge in [0.2, 0.25) is 5.91 Å².